The Hall–Kier alpha value is -1.26. The van der Waals surface area contributed by atoms with Gasteiger partial charge in [-0.3, -0.25) is 4.79 Å². The van der Waals surface area contributed by atoms with E-state index in [9.17, 15) is 4.79 Å². The van der Waals surface area contributed by atoms with Gasteiger partial charge in [0.15, 0.2) is 0 Å². The summed E-state index contributed by atoms with van der Waals surface area (Å²) < 4.78 is 5.25. The zero-order valence-corrected chi connectivity index (χ0v) is 9.70. The summed E-state index contributed by atoms with van der Waals surface area (Å²) >= 11 is 6.06. The van der Waals surface area contributed by atoms with Crippen molar-refractivity contribution in [3.63, 3.8) is 0 Å². The van der Waals surface area contributed by atoms with Crippen molar-refractivity contribution in [1.29, 1.82) is 0 Å². The van der Waals surface area contributed by atoms with Crippen LogP contribution in [-0.2, 0) is 9.53 Å². The predicted molar refractivity (Wildman–Crippen MR) is 63.6 cm³/mol. The van der Waals surface area contributed by atoms with E-state index in [0.717, 1.165) is 0 Å². The van der Waals surface area contributed by atoms with E-state index >= 15 is 0 Å². The predicted octanol–water partition coefficient (Wildman–Crippen LogP) is 1.67. The molecule has 1 heterocycles. The van der Waals surface area contributed by atoms with Gasteiger partial charge in [-0.1, -0.05) is 11.6 Å². The molecular weight excluding hydrogens is 228 g/mol. The number of anilines is 2. The highest BCUT2D eigenvalue weighted by Gasteiger charge is 2.26. The normalized spacial score (nSPS) is 21.2. The van der Waals surface area contributed by atoms with Crippen LogP contribution in [0.2, 0.25) is 5.02 Å². The van der Waals surface area contributed by atoms with Crippen LogP contribution in [0.25, 0.3) is 0 Å². The molecule has 2 rings (SSSR count). The van der Waals surface area contributed by atoms with Gasteiger partial charge in [0.25, 0.3) is 5.91 Å². The summed E-state index contributed by atoms with van der Waals surface area (Å²) in [7, 11) is 0. The van der Waals surface area contributed by atoms with Crippen molar-refractivity contribution in [3.8, 4) is 0 Å². The van der Waals surface area contributed by atoms with Gasteiger partial charge < -0.3 is 15.4 Å². The summed E-state index contributed by atoms with van der Waals surface area (Å²) in [6.45, 7) is 2.54. The molecule has 5 heteroatoms. The summed E-state index contributed by atoms with van der Waals surface area (Å²) in [5, 5.41) is 0.488. The lowest BCUT2D eigenvalue weighted by molar-refractivity contribution is -0.128. The number of amides is 1. The van der Waals surface area contributed by atoms with Gasteiger partial charge in [0, 0.05) is 5.69 Å². The second-order valence-electron chi connectivity index (χ2n) is 3.84. The lowest BCUT2D eigenvalue weighted by atomic mass is 10.2. The average Bonchev–Trinajstić information content (AvgIpc) is 2.22. The number of hydrogen-bond acceptors (Lipinski definition) is 3. The van der Waals surface area contributed by atoms with Crippen LogP contribution in [0.3, 0.4) is 0 Å². The van der Waals surface area contributed by atoms with Crippen molar-refractivity contribution in [2.75, 3.05) is 23.8 Å². The van der Waals surface area contributed by atoms with Gasteiger partial charge in [0.05, 0.1) is 23.4 Å². The van der Waals surface area contributed by atoms with Gasteiger partial charge in [0.2, 0.25) is 0 Å². The van der Waals surface area contributed by atoms with Gasteiger partial charge in [-0.2, -0.15) is 0 Å². The molecule has 0 aliphatic carbocycles. The Morgan fingerprint density at radius 3 is 3.00 bits per heavy atom. The monoisotopic (exact) mass is 240 g/mol. The first-order chi connectivity index (χ1) is 7.58. The van der Waals surface area contributed by atoms with Crippen molar-refractivity contribution >= 4 is 28.9 Å². The zero-order valence-electron chi connectivity index (χ0n) is 8.94. The maximum Gasteiger partial charge on any atom is 0.253 e. The highest BCUT2D eigenvalue weighted by molar-refractivity contribution is 6.34. The Kier molecular flexibility index (Phi) is 3.03. The fraction of sp³-hybridized carbons (Fsp3) is 0.364. The Morgan fingerprint density at radius 1 is 1.56 bits per heavy atom. The topological polar surface area (TPSA) is 55.6 Å². The van der Waals surface area contributed by atoms with Crippen LogP contribution in [0.5, 0.6) is 0 Å². The van der Waals surface area contributed by atoms with Gasteiger partial charge in [0.1, 0.15) is 6.61 Å². The van der Waals surface area contributed by atoms with Crippen LogP contribution in [0.4, 0.5) is 11.4 Å². The summed E-state index contributed by atoms with van der Waals surface area (Å²) in [6, 6.07) is 5.13. The van der Waals surface area contributed by atoms with Crippen LogP contribution < -0.4 is 10.6 Å². The highest BCUT2D eigenvalue weighted by Crippen LogP contribution is 2.29. The van der Waals surface area contributed by atoms with E-state index in [1.165, 1.54) is 0 Å². The van der Waals surface area contributed by atoms with Gasteiger partial charge in [-0.25, -0.2) is 0 Å². The lowest BCUT2D eigenvalue weighted by Gasteiger charge is -2.31. The Balaban J connectivity index is 2.31. The number of ether oxygens (including phenoxy) is 1. The van der Waals surface area contributed by atoms with E-state index in [1.807, 2.05) is 6.92 Å². The number of morpholine rings is 1. The number of halogens is 1. The molecule has 1 aliphatic heterocycles. The Bertz CT molecular complexity index is 422. The third kappa shape index (κ3) is 2.13. The molecule has 86 valence electrons. The van der Waals surface area contributed by atoms with Gasteiger partial charge in [-0.15, -0.1) is 0 Å². The van der Waals surface area contributed by atoms with Crippen molar-refractivity contribution in [2.24, 2.45) is 0 Å². The molecule has 1 saturated heterocycles. The fourth-order valence-electron chi connectivity index (χ4n) is 1.68. The van der Waals surface area contributed by atoms with Crippen LogP contribution >= 0.6 is 11.6 Å². The number of benzene rings is 1. The SMILES string of the molecule is CC1CN(c2ccc(N)cc2Cl)C(=O)CO1. The molecule has 16 heavy (non-hydrogen) atoms. The minimum absolute atomic E-state index is 0.0197. The van der Waals surface area contributed by atoms with Crippen molar-refractivity contribution < 1.29 is 9.53 Å². The number of nitrogen functional groups attached to an aromatic ring is 1. The van der Waals surface area contributed by atoms with Crippen LogP contribution in [0.15, 0.2) is 18.2 Å². The first-order valence-electron chi connectivity index (χ1n) is 5.05. The number of carbonyl (C=O) groups excluding carboxylic acids is 1. The molecule has 0 spiro atoms. The zero-order chi connectivity index (χ0) is 11.7. The Morgan fingerprint density at radius 2 is 2.31 bits per heavy atom. The first kappa shape index (κ1) is 11.2. The quantitative estimate of drug-likeness (QED) is 0.760. The van der Waals surface area contributed by atoms with E-state index in [2.05, 4.69) is 0 Å². The third-order valence-electron chi connectivity index (χ3n) is 2.49. The first-order valence-corrected chi connectivity index (χ1v) is 5.42. The molecule has 1 aromatic rings. The largest absolute Gasteiger partial charge is 0.399 e. The Labute approximate surface area is 98.9 Å². The van der Waals surface area contributed by atoms with Crippen molar-refractivity contribution in [3.05, 3.63) is 23.2 Å². The molecule has 4 nitrogen and oxygen atoms in total. The molecular formula is C11H13ClN2O2. The number of rotatable bonds is 1. The molecule has 0 aromatic heterocycles. The molecule has 0 radical (unpaired) electrons. The lowest BCUT2D eigenvalue weighted by Crippen LogP contribution is -2.45. The van der Waals surface area contributed by atoms with Crippen LogP contribution in [0.1, 0.15) is 6.92 Å². The maximum absolute atomic E-state index is 11.7. The minimum atomic E-state index is -0.0789. The summed E-state index contributed by atoms with van der Waals surface area (Å²) in [6.07, 6.45) is 0.0197. The number of carbonyl (C=O) groups is 1. The molecule has 1 fully saturated rings. The minimum Gasteiger partial charge on any atom is -0.399 e. The van der Waals surface area contributed by atoms with E-state index in [-0.39, 0.29) is 18.6 Å². The molecule has 1 atom stereocenters. The van der Waals surface area contributed by atoms with E-state index < -0.39 is 0 Å². The summed E-state index contributed by atoms with van der Waals surface area (Å²) in [5.41, 5.74) is 6.88. The fourth-order valence-corrected chi connectivity index (χ4v) is 1.97. The van der Waals surface area contributed by atoms with Crippen LogP contribution in [-0.4, -0.2) is 25.2 Å². The molecule has 0 saturated carbocycles. The summed E-state index contributed by atoms with van der Waals surface area (Å²) in [4.78, 5) is 13.3. The van der Waals surface area contributed by atoms with Crippen LogP contribution in [0, 0.1) is 0 Å². The van der Waals surface area contributed by atoms with E-state index in [1.54, 1.807) is 23.1 Å². The molecule has 0 bridgehead atoms. The van der Waals surface area contributed by atoms with E-state index in [0.29, 0.717) is 22.9 Å². The molecule has 1 aliphatic rings. The third-order valence-corrected chi connectivity index (χ3v) is 2.80. The molecule has 1 unspecified atom stereocenters. The van der Waals surface area contributed by atoms with Gasteiger partial charge >= 0.3 is 0 Å². The molecule has 2 N–H and O–H groups in total. The van der Waals surface area contributed by atoms with E-state index in [4.69, 9.17) is 22.1 Å². The average molecular weight is 241 g/mol. The number of nitrogens with zero attached hydrogens (tertiary/aromatic N) is 1. The second-order valence-corrected chi connectivity index (χ2v) is 4.24. The number of nitrogens with two attached hydrogens (primary N) is 1. The second kappa shape index (κ2) is 4.31. The smallest absolute Gasteiger partial charge is 0.253 e. The standard InChI is InChI=1S/C11H13ClN2O2/c1-7-5-14(11(15)6-16-7)10-3-2-8(13)4-9(10)12/h2-4,7H,5-6,13H2,1H3. The number of hydrogen-bond donors (Lipinski definition) is 1. The summed E-state index contributed by atoms with van der Waals surface area (Å²) in [5.74, 6) is -0.0789. The molecule has 1 amide bonds. The maximum atomic E-state index is 11.7. The molecule has 1 aromatic carbocycles. The van der Waals surface area contributed by atoms with Gasteiger partial charge in [-0.05, 0) is 25.1 Å². The highest BCUT2D eigenvalue weighted by atomic mass is 35.5. The van der Waals surface area contributed by atoms with Crippen molar-refractivity contribution in [2.45, 2.75) is 13.0 Å². The van der Waals surface area contributed by atoms with Crippen molar-refractivity contribution in [1.82, 2.24) is 0 Å².